The fraction of sp³-hybridized carbons (Fsp3) is 0.444. The topological polar surface area (TPSA) is 88.2 Å². The minimum absolute atomic E-state index is 0.135. The van der Waals surface area contributed by atoms with Crippen molar-refractivity contribution in [1.29, 1.82) is 0 Å². The summed E-state index contributed by atoms with van der Waals surface area (Å²) in [6.45, 7) is 12.7. The molecule has 2 aromatic rings. The Hall–Kier alpha value is -3.39. The van der Waals surface area contributed by atoms with Crippen LogP contribution in [0.5, 0.6) is 11.5 Å². The zero-order valence-electron chi connectivity index (χ0n) is 21.3. The second kappa shape index (κ2) is 11.8. The molecule has 0 radical (unpaired) electrons. The van der Waals surface area contributed by atoms with E-state index < -0.39 is 0 Å². The van der Waals surface area contributed by atoms with Crippen molar-refractivity contribution >= 4 is 23.3 Å². The highest BCUT2D eigenvalue weighted by Crippen LogP contribution is 2.33. The van der Waals surface area contributed by atoms with Crippen LogP contribution in [0.3, 0.4) is 0 Å². The maximum Gasteiger partial charge on any atom is 0.265 e. The molecular formula is C27H35N3O5. The number of carbonyl (C=O) groups excluding carboxylic acids is 3. The van der Waals surface area contributed by atoms with Gasteiger partial charge in [-0.1, -0.05) is 31.5 Å². The normalized spacial score (nSPS) is 12.9. The lowest BCUT2D eigenvalue weighted by Crippen LogP contribution is -2.46. The van der Waals surface area contributed by atoms with Crippen molar-refractivity contribution in [3.05, 3.63) is 52.6 Å². The Balaban J connectivity index is 1.69. The summed E-state index contributed by atoms with van der Waals surface area (Å²) in [6.07, 6.45) is 0. The standard InChI is InChI=1S/C27H35N3O5/c1-6-29(7-2)11-10-28-25(32)15-30-22-14-21(8-9-24(22)34-17-26(30)33)23(31)16-35-27-19(4)12-18(3)13-20(27)5/h8-9,12-14H,6-7,10-11,15-17H2,1-5H3,(H,28,32). The van der Waals surface area contributed by atoms with Crippen LogP contribution in [-0.2, 0) is 9.59 Å². The zero-order valence-corrected chi connectivity index (χ0v) is 21.3. The zero-order chi connectivity index (χ0) is 25.5. The maximum absolute atomic E-state index is 12.9. The molecule has 2 aromatic carbocycles. The van der Waals surface area contributed by atoms with Crippen LogP contribution in [0.2, 0.25) is 0 Å². The molecule has 0 saturated carbocycles. The van der Waals surface area contributed by atoms with Gasteiger partial charge in [-0.05, 0) is 63.2 Å². The molecule has 0 spiro atoms. The van der Waals surface area contributed by atoms with Gasteiger partial charge < -0.3 is 19.7 Å². The van der Waals surface area contributed by atoms with Gasteiger partial charge >= 0.3 is 0 Å². The molecule has 0 bridgehead atoms. The van der Waals surface area contributed by atoms with Gasteiger partial charge in [0.05, 0.1) is 5.69 Å². The Morgan fingerprint density at radius 3 is 2.43 bits per heavy atom. The van der Waals surface area contributed by atoms with Gasteiger partial charge in [-0.15, -0.1) is 0 Å². The van der Waals surface area contributed by atoms with E-state index in [0.29, 0.717) is 29.3 Å². The van der Waals surface area contributed by atoms with Crippen LogP contribution in [0.1, 0.15) is 40.9 Å². The third-order valence-electron chi connectivity index (χ3n) is 6.12. The molecule has 1 N–H and O–H groups in total. The van der Waals surface area contributed by atoms with E-state index in [9.17, 15) is 14.4 Å². The number of ketones is 1. The molecule has 0 saturated heterocycles. The summed E-state index contributed by atoms with van der Waals surface area (Å²) < 4.78 is 11.4. The van der Waals surface area contributed by atoms with Gasteiger partial charge in [0.25, 0.3) is 5.91 Å². The van der Waals surface area contributed by atoms with Gasteiger partial charge in [0.1, 0.15) is 18.0 Å². The smallest absolute Gasteiger partial charge is 0.265 e. The summed E-state index contributed by atoms with van der Waals surface area (Å²) in [6, 6.07) is 8.93. The van der Waals surface area contributed by atoms with Crippen molar-refractivity contribution in [2.24, 2.45) is 0 Å². The van der Waals surface area contributed by atoms with E-state index in [0.717, 1.165) is 36.3 Å². The molecule has 0 atom stereocenters. The second-order valence-corrected chi connectivity index (χ2v) is 8.77. The lowest BCUT2D eigenvalue weighted by Gasteiger charge is -2.29. The first-order valence-electron chi connectivity index (χ1n) is 12.0. The van der Waals surface area contributed by atoms with Gasteiger partial charge in [0.15, 0.2) is 19.0 Å². The van der Waals surface area contributed by atoms with Crippen LogP contribution in [-0.4, -0.2) is 68.4 Å². The number of Topliss-reactive ketones (excluding diaryl/α,β-unsaturated/α-hetero) is 1. The molecular weight excluding hydrogens is 446 g/mol. The van der Waals surface area contributed by atoms with Crippen molar-refractivity contribution in [1.82, 2.24) is 10.2 Å². The number of fused-ring (bicyclic) bond motifs is 1. The Bertz CT molecular complexity index is 1070. The van der Waals surface area contributed by atoms with Crippen molar-refractivity contribution in [3.8, 4) is 11.5 Å². The molecule has 1 aliphatic heterocycles. The third kappa shape index (κ3) is 6.60. The number of likely N-dealkylation sites (N-methyl/N-ethyl adjacent to an activating group) is 1. The van der Waals surface area contributed by atoms with E-state index in [1.807, 2.05) is 32.9 Å². The second-order valence-electron chi connectivity index (χ2n) is 8.77. The third-order valence-corrected chi connectivity index (χ3v) is 6.12. The molecule has 8 heteroatoms. The van der Waals surface area contributed by atoms with Crippen LogP contribution in [0, 0.1) is 20.8 Å². The quantitative estimate of drug-likeness (QED) is 0.497. The van der Waals surface area contributed by atoms with Gasteiger partial charge in [0, 0.05) is 18.7 Å². The Labute approximate surface area is 207 Å². The molecule has 0 unspecified atom stereocenters. The van der Waals surface area contributed by atoms with E-state index in [2.05, 4.69) is 24.1 Å². The van der Waals surface area contributed by atoms with Crippen LogP contribution in [0.15, 0.2) is 30.3 Å². The van der Waals surface area contributed by atoms with Gasteiger partial charge in [-0.3, -0.25) is 19.3 Å². The number of nitrogens with zero attached hydrogens (tertiary/aromatic N) is 2. The monoisotopic (exact) mass is 481 g/mol. The Morgan fingerprint density at radius 1 is 1.09 bits per heavy atom. The molecule has 0 aliphatic carbocycles. The predicted octanol–water partition coefficient (Wildman–Crippen LogP) is 3.06. The van der Waals surface area contributed by atoms with E-state index in [4.69, 9.17) is 9.47 Å². The largest absolute Gasteiger partial charge is 0.485 e. The first-order chi connectivity index (χ1) is 16.7. The van der Waals surface area contributed by atoms with E-state index in [1.54, 1.807) is 18.2 Å². The number of benzene rings is 2. The minimum atomic E-state index is -0.330. The van der Waals surface area contributed by atoms with Crippen molar-refractivity contribution in [2.75, 3.05) is 50.8 Å². The number of hydrogen-bond donors (Lipinski definition) is 1. The van der Waals surface area contributed by atoms with Crippen LogP contribution in [0.25, 0.3) is 0 Å². The summed E-state index contributed by atoms with van der Waals surface area (Å²) in [7, 11) is 0. The number of amides is 2. The summed E-state index contributed by atoms with van der Waals surface area (Å²) in [5.41, 5.74) is 3.87. The average Bonchev–Trinajstić information content (AvgIpc) is 2.82. The fourth-order valence-electron chi connectivity index (χ4n) is 4.26. The van der Waals surface area contributed by atoms with Crippen LogP contribution < -0.4 is 19.7 Å². The first kappa shape index (κ1) is 26.2. The van der Waals surface area contributed by atoms with Gasteiger partial charge in [-0.25, -0.2) is 0 Å². The number of anilines is 1. The molecule has 3 rings (SSSR count). The predicted molar refractivity (Wildman–Crippen MR) is 136 cm³/mol. The number of nitrogens with one attached hydrogen (secondary N) is 1. The highest BCUT2D eigenvalue weighted by molar-refractivity contribution is 6.04. The Kier molecular flexibility index (Phi) is 8.87. The fourth-order valence-corrected chi connectivity index (χ4v) is 4.26. The molecule has 35 heavy (non-hydrogen) atoms. The van der Waals surface area contributed by atoms with E-state index in [-0.39, 0.29) is 37.4 Å². The summed E-state index contributed by atoms with van der Waals surface area (Å²) >= 11 is 0. The molecule has 188 valence electrons. The number of ether oxygens (including phenoxy) is 2. The van der Waals surface area contributed by atoms with Gasteiger partial charge in [0.2, 0.25) is 5.91 Å². The number of hydrogen-bond acceptors (Lipinski definition) is 6. The summed E-state index contributed by atoms with van der Waals surface area (Å²) in [4.78, 5) is 41.6. The summed E-state index contributed by atoms with van der Waals surface area (Å²) in [5.74, 6) is 0.340. The van der Waals surface area contributed by atoms with Gasteiger partial charge in [-0.2, -0.15) is 0 Å². The lowest BCUT2D eigenvalue weighted by molar-refractivity contribution is -0.125. The number of carbonyl (C=O) groups is 3. The molecule has 0 fully saturated rings. The first-order valence-corrected chi connectivity index (χ1v) is 12.0. The summed E-state index contributed by atoms with van der Waals surface area (Å²) in [5, 5.41) is 2.87. The highest BCUT2D eigenvalue weighted by atomic mass is 16.5. The van der Waals surface area contributed by atoms with Crippen LogP contribution >= 0.6 is 0 Å². The number of rotatable bonds is 11. The van der Waals surface area contributed by atoms with Crippen LogP contribution in [0.4, 0.5) is 5.69 Å². The minimum Gasteiger partial charge on any atom is -0.485 e. The molecule has 2 amide bonds. The molecule has 1 aliphatic rings. The SMILES string of the molecule is CCN(CC)CCNC(=O)CN1C(=O)COc2ccc(C(=O)COc3c(C)cc(C)cc3C)cc21. The molecule has 0 aromatic heterocycles. The molecule has 8 nitrogen and oxygen atoms in total. The van der Waals surface area contributed by atoms with Crippen molar-refractivity contribution in [3.63, 3.8) is 0 Å². The average molecular weight is 482 g/mol. The lowest BCUT2D eigenvalue weighted by atomic mass is 10.1. The highest BCUT2D eigenvalue weighted by Gasteiger charge is 2.28. The Morgan fingerprint density at radius 2 is 1.77 bits per heavy atom. The van der Waals surface area contributed by atoms with Crippen molar-refractivity contribution < 1.29 is 23.9 Å². The molecule has 1 heterocycles. The van der Waals surface area contributed by atoms with Crippen molar-refractivity contribution in [2.45, 2.75) is 34.6 Å². The van der Waals surface area contributed by atoms with E-state index in [1.165, 1.54) is 4.90 Å². The van der Waals surface area contributed by atoms with E-state index >= 15 is 0 Å². The maximum atomic E-state index is 12.9. The number of aryl methyl sites for hydroxylation is 3.